The molecule has 0 fully saturated rings. The summed E-state index contributed by atoms with van der Waals surface area (Å²) in [5, 5.41) is 12.3. The Labute approximate surface area is 84.9 Å². The van der Waals surface area contributed by atoms with Gasteiger partial charge in [-0.2, -0.15) is 0 Å². The highest BCUT2D eigenvalue weighted by Crippen LogP contribution is 2.02. The van der Waals surface area contributed by atoms with Gasteiger partial charge in [0, 0.05) is 19.6 Å². The summed E-state index contributed by atoms with van der Waals surface area (Å²) in [5.41, 5.74) is 7.76. The van der Waals surface area contributed by atoms with Crippen LogP contribution in [0.3, 0.4) is 0 Å². The number of rotatable bonds is 5. The topological polar surface area (TPSA) is 58.3 Å². The zero-order chi connectivity index (χ0) is 10.4. The van der Waals surface area contributed by atoms with E-state index in [1.807, 2.05) is 0 Å². The zero-order valence-corrected chi connectivity index (χ0v) is 8.53. The number of aryl methyl sites for hydroxylation is 1. The van der Waals surface area contributed by atoms with Gasteiger partial charge in [-0.15, -0.1) is 0 Å². The van der Waals surface area contributed by atoms with Gasteiger partial charge in [-0.05, 0) is 12.5 Å². The summed E-state index contributed by atoms with van der Waals surface area (Å²) in [4.78, 5) is 0. The predicted molar refractivity (Wildman–Crippen MR) is 57.9 cm³/mol. The molecule has 3 heteroatoms. The van der Waals surface area contributed by atoms with E-state index in [2.05, 4.69) is 36.5 Å². The molecule has 1 rings (SSSR count). The Balaban J connectivity index is 2.28. The Hall–Kier alpha value is -0.900. The van der Waals surface area contributed by atoms with Crippen LogP contribution in [-0.4, -0.2) is 24.3 Å². The summed E-state index contributed by atoms with van der Waals surface area (Å²) in [6.07, 6.45) is -0.444. The van der Waals surface area contributed by atoms with Crippen molar-refractivity contribution in [3.63, 3.8) is 0 Å². The Morgan fingerprint density at radius 2 is 2.00 bits per heavy atom. The van der Waals surface area contributed by atoms with Crippen LogP contribution in [0.5, 0.6) is 0 Å². The van der Waals surface area contributed by atoms with E-state index in [-0.39, 0.29) is 0 Å². The molecule has 0 amide bonds. The SMILES string of the molecule is Cc1ccc(CNCC(O)CN)cc1. The molecule has 0 aromatic heterocycles. The van der Waals surface area contributed by atoms with E-state index in [0.29, 0.717) is 13.1 Å². The van der Waals surface area contributed by atoms with Crippen LogP contribution in [0.25, 0.3) is 0 Å². The van der Waals surface area contributed by atoms with Gasteiger partial charge in [0.2, 0.25) is 0 Å². The second-order valence-corrected chi connectivity index (χ2v) is 3.51. The van der Waals surface area contributed by atoms with Crippen molar-refractivity contribution in [2.45, 2.75) is 19.6 Å². The van der Waals surface area contributed by atoms with Gasteiger partial charge in [0.25, 0.3) is 0 Å². The quantitative estimate of drug-likeness (QED) is 0.636. The van der Waals surface area contributed by atoms with Crippen molar-refractivity contribution in [1.29, 1.82) is 0 Å². The lowest BCUT2D eigenvalue weighted by molar-refractivity contribution is 0.179. The second kappa shape index (κ2) is 5.75. The van der Waals surface area contributed by atoms with Crippen LogP contribution < -0.4 is 11.1 Å². The van der Waals surface area contributed by atoms with Crippen LogP contribution >= 0.6 is 0 Å². The van der Waals surface area contributed by atoms with Crippen molar-refractivity contribution >= 4 is 0 Å². The first-order chi connectivity index (χ1) is 6.72. The summed E-state index contributed by atoms with van der Waals surface area (Å²) in [6, 6.07) is 8.32. The molecule has 0 spiro atoms. The summed E-state index contributed by atoms with van der Waals surface area (Å²) in [7, 11) is 0. The number of nitrogens with two attached hydrogens (primary N) is 1. The van der Waals surface area contributed by atoms with E-state index in [1.54, 1.807) is 0 Å². The molecule has 1 aromatic rings. The highest BCUT2D eigenvalue weighted by molar-refractivity contribution is 5.20. The molecule has 0 aliphatic heterocycles. The maximum absolute atomic E-state index is 9.19. The van der Waals surface area contributed by atoms with Crippen molar-refractivity contribution in [2.75, 3.05) is 13.1 Å². The average Bonchev–Trinajstić information content (AvgIpc) is 2.21. The molecule has 0 saturated carbocycles. The third-order valence-corrected chi connectivity index (χ3v) is 2.10. The van der Waals surface area contributed by atoms with E-state index in [9.17, 15) is 5.11 Å². The van der Waals surface area contributed by atoms with Gasteiger partial charge in [0.05, 0.1) is 6.10 Å². The Morgan fingerprint density at radius 1 is 1.36 bits per heavy atom. The molecule has 14 heavy (non-hydrogen) atoms. The fourth-order valence-electron chi connectivity index (χ4n) is 1.17. The number of aliphatic hydroxyl groups is 1. The Bertz CT molecular complexity index is 258. The number of nitrogens with one attached hydrogen (secondary N) is 1. The van der Waals surface area contributed by atoms with Gasteiger partial charge < -0.3 is 16.2 Å². The second-order valence-electron chi connectivity index (χ2n) is 3.51. The maximum atomic E-state index is 9.19. The van der Waals surface area contributed by atoms with Gasteiger partial charge in [-0.1, -0.05) is 29.8 Å². The van der Waals surface area contributed by atoms with E-state index in [4.69, 9.17) is 5.73 Å². The number of benzene rings is 1. The molecule has 0 saturated heterocycles. The van der Waals surface area contributed by atoms with Crippen molar-refractivity contribution in [1.82, 2.24) is 5.32 Å². The fraction of sp³-hybridized carbons (Fsp3) is 0.455. The first-order valence-corrected chi connectivity index (χ1v) is 4.86. The van der Waals surface area contributed by atoms with Gasteiger partial charge in [-0.25, -0.2) is 0 Å². The molecule has 0 bridgehead atoms. The zero-order valence-electron chi connectivity index (χ0n) is 8.53. The lowest BCUT2D eigenvalue weighted by Gasteiger charge is -2.09. The van der Waals surface area contributed by atoms with Crippen molar-refractivity contribution in [3.8, 4) is 0 Å². The van der Waals surface area contributed by atoms with Crippen LogP contribution in [0.2, 0.25) is 0 Å². The monoisotopic (exact) mass is 194 g/mol. The summed E-state index contributed by atoms with van der Waals surface area (Å²) < 4.78 is 0. The highest BCUT2D eigenvalue weighted by atomic mass is 16.3. The van der Waals surface area contributed by atoms with Gasteiger partial charge in [0.1, 0.15) is 0 Å². The van der Waals surface area contributed by atoms with E-state index in [0.717, 1.165) is 6.54 Å². The van der Waals surface area contributed by atoms with Crippen molar-refractivity contribution in [3.05, 3.63) is 35.4 Å². The van der Waals surface area contributed by atoms with E-state index in [1.165, 1.54) is 11.1 Å². The smallest absolute Gasteiger partial charge is 0.0786 e. The van der Waals surface area contributed by atoms with E-state index >= 15 is 0 Å². The minimum absolute atomic E-state index is 0.306. The molecule has 1 aromatic carbocycles. The van der Waals surface area contributed by atoms with Crippen LogP contribution in [0.4, 0.5) is 0 Å². The highest BCUT2D eigenvalue weighted by Gasteiger charge is 1.99. The van der Waals surface area contributed by atoms with Crippen LogP contribution in [0, 0.1) is 6.92 Å². The average molecular weight is 194 g/mol. The lowest BCUT2D eigenvalue weighted by Crippen LogP contribution is -2.32. The molecule has 1 unspecified atom stereocenters. The van der Waals surface area contributed by atoms with Gasteiger partial charge >= 0.3 is 0 Å². The first kappa shape index (κ1) is 11.2. The normalized spacial score (nSPS) is 12.8. The molecule has 0 heterocycles. The van der Waals surface area contributed by atoms with Crippen LogP contribution in [0.1, 0.15) is 11.1 Å². The minimum atomic E-state index is -0.444. The summed E-state index contributed by atoms with van der Waals surface area (Å²) in [6.45, 7) is 3.69. The largest absolute Gasteiger partial charge is 0.390 e. The standard InChI is InChI=1S/C11H18N2O/c1-9-2-4-10(5-3-9)7-13-8-11(14)6-12/h2-5,11,13-14H,6-8,12H2,1H3. The number of hydrogen-bond donors (Lipinski definition) is 3. The Kier molecular flexibility index (Phi) is 4.59. The molecule has 0 aliphatic rings. The van der Waals surface area contributed by atoms with Gasteiger partial charge in [-0.3, -0.25) is 0 Å². The molecule has 0 aliphatic carbocycles. The first-order valence-electron chi connectivity index (χ1n) is 4.86. The predicted octanol–water partition coefficient (Wildman–Crippen LogP) is 0.404. The fourth-order valence-corrected chi connectivity index (χ4v) is 1.17. The van der Waals surface area contributed by atoms with Crippen molar-refractivity contribution in [2.24, 2.45) is 5.73 Å². The maximum Gasteiger partial charge on any atom is 0.0786 e. The number of aliphatic hydroxyl groups excluding tert-OH is 1. The van der Waals surface area contributed by atoms with Crippen LogP contribution in [0.15, 0.2) is 24.3 Å². The Morgan fingerprint density at radius 3 is 2.57 bits per heavy atom. The summed E-state index contributed by atoms with van der Waals surface area (Å²) in [5.74, 6) is 0. The molecule has 0 radical (unpaired) electrons. The molecule has 78 valence electrons. The summed E-state index contributed by atoms with van der Waals surface area (Å²) >= 11 is 0. The molecular weight excluding hydrogens is 176 g/mol. The van der Waals surface area contributed by atoms with Crippen LogP contribution in [-0.2, 0) is 6.54 Å². The lowest BCUT2D eigenvalue weighted by atomic mass is 10.1. The minimum Gasteiger partial charge on any atom is -0.390 e. The third-order valence-electron chi connectivity index (χ3n) is 2.10. The van der Waals surface area contributed by atoms with Crippen molar-refractivity contribution < 1.29 is 5.11 Å². The van der Waals surface area contributed by atoms with Gasteiger partial charge in [0.15, 0.2) is 0 Å². The molecule has 4 N–H and O–H groups in total. The molecule has 1 atom stereocenters. The molecular formula is C11H18N2O. The number of hydrogen-bond acceptors (Lipinski definition) is 3. The van der Waals surface area contributed by atoms with E-state index < -0.39 is 6.10 Å². The third kappa shape index (κ3) is 3.87. The molecule has 3 nitrogen and oxygen atoms in total.